The van der Waals surface area contributed by atoms with Crippen molar-refractivity contribution < 1.29 is 13.3 Å². The van der Waals surface area contributed by atoms with Crippen LogP contribution in [0.25, 0.3) is 16.7 Å². The van der Waals surface area contributed by atoms with E-state index in [4.69, 9.17) is 0 Å². The smallest absolute Gasteiger partial charge is 0.258 e. The molecule has 0 unspecified atom stereocenters. The molecule has 0 N–H and O–H groups in total. The molecule has 1 aliphatic heterocycles. The van der Waals surface area contributed by atoms with E-state index in [1.165, 1.54) is 21.1 Å². The molecule has 0 spiro atoms. The maximum atomic E-state index is 12.7. The zero-order chi connectivity index (χ0) is 18.3. The number of nitro benzene ring substituents is 1. The first kappa shape index (κ1) is 16.6. The summed E-state index contributed by atoms with van der Waals surface area (Å²) < 4.78 is 28.1. The van der Waals surface area contributed by atoms with Crippen LogP contribution in [0.15, 0.2) is 47.4 Å². The van der Waals surface area contributed by atoms with Gasteiger partial charge in [0.2, 0.25) is 10.0 Å². The minimum Gasteiger partial charge on any atom is -0.258 e. The summed E-state index contributed by atoms with van der Waals surface area (Å²) in [5.74, 6) is 0. The molecule has 0 bridgehead atoms. The lowest BCUT2D eigenvalue weighted by Gasteiger charge is -2.15. The van der Waals surface area contributed by atoms with Gasteiger partial charge in [-0.2, -0.15) is 4.31 Å². The molecule has 2 aromatic carbocycles. The predicted octanol–water partition coefficient (Wildman–Crippen LogP) is 2.11. The van der Waals surface area contributed by atoms with E-state index in [1.54, 1.807) is 24.3 Å². The second-order valence-corrected chi connectivity index (χ2v) is 7.95. The topological polar surface area (TPSA) is 111 Å². The van der Waals surface area contributed by atoms with Gasteiger partial charge in [-0.05, 0) is 37.1 Å². The van der Waals surface area contributed by atoms with E-state index in [2.05, 4.69) is 10.3 Å². The third-order valence-corrected chi connectivity index (χ3v) is 6.32. The number of para-hydroxylation sites is 1. The van der Waals surface area contributed by atoms with E-state index >= 15 is 0 Å². The summed E-state index contributed by atoms with van der Waals surface area (Å²) >= 11 is 0. The minimum absolute atomic E-state index is 0.0840. The van der Waals surface area contributed by atoms with Gasteiger partial charge in [-0.25, -0.2) is 13.1 Å². The highest BCUT2D eigenvalue weighted by Crippen LogP contribution is 2.30. The van der Waals surface area contributed by atoms with Gasteiger partial charge in [-0.1, -0.05) is 17.3 Å². The number of rotatable bonds is 4. The number of fused-ring (bicyclic) bond motifs is 1. The van der Waals surface area contributed by atoms with Gasteiger partial charge >= 0.3 is 0 Å². The summed E-state index contributed by atoms with van der Waals surface area (Å²) in [6.07, 6.45) is 1.59. The number of benzene rings is 2. The molecule has 134 valence electrons. The molecule has 0 saturated carbocycles. The van der Waals surface area contributed by atoms with Gasteiger partial charge in [0.05, 0.1) is 15.3 Å². The Morgan fingerprint density at radius 3 is 2.54 bits per heavy atom. The molecule has 1 fully saturated rings. The Hall–Kier alpha value is -2.85. The molecule has 1 saturated heterocycles. The van der Waals surface area contributed by atoms with Crippen molar-refractivity contribution in [3.63, 3.8) is 0 Å². The van der Waals surface area contributed by atoms with E-state index in [-0.39, 0.29) is 16.3 Å². The first-order valence-electron chi connectivity index (χ1n) is 8.08. The van der Waals surface area contributed by atoms with E-state index in [9.17, 15) is 18.5 Å². The molecule has 3 aromatic rings. The second kappa shape index (κ2) is 6.15. The van der Waals surface area contributed by atoms with Crippen LogP contribution in [-0.2, 0) is 10.0 Å². The van der Waals surface area contributed by atoms with Gasteiger partial charge in [0.15, 0.2) is 0 Å². The van der Waals surface area contributed by atoms with Crippen molar-refractivity contribution in [3.8, 4) is 5.69 Å². The highest BCUT2D eigenvalue weighted by molar-refractivity contribution is 7.89. The molecule has 0 aliphatic carbocycles. The molecule has 1 aromatic heterocycles. The molecule has 10 heteroatoms. The third kappa shape index (κ3) is 2.63. The van der Waals surface area contributed by atoms with Crippen molar-refractivity contribution in [3.05, 3.63) is 52.6 Å². The molecule has 9 nitrogen and oxygen atoms in total. The summed E-state index contributed by atoms with van der Waals surface area (Å²) in [5, 5.41) is 19.6. The third-order valence-electron chi connectivity index (χ3n) is 4.43. The lowest BCUT2D eigenvalue weighted by molar-refractivity contribution is -0.384. The van der Waals surface area contributed by atoms with Gasteiger partial charge in [0.1, 0.15) is 11.2 Å². The molecule has 0 radical (unpaired) electrons. The number of hydrogen-bond acceptors (Lipinski definition) is 6. The Morgan fingerprint density at radius 2 is 1.81 bits per heavy atom. The van der Waals surface area contributed by atoms with Gasteiger partial charge in [-0.3, -0.25) is 10.1 Å². The van der Waals surface area contributed by atoms with Gasteiger partial charge in [-0.15, -0.1) is 5.10 Å². The van der Waals surface area contributed by atoms with Crippen LogP contribution < -0.4 is 0 Å². The van der Waals surface area contributed by atoms with E-state index in [0.29, 0.717) is 24.1 Å². The Morgan fingerprint density at radius 1 is 1.08 bits per heavy atom. The SMILES string of the molecule is O=[N+]([O-])c1cc(S(=O)(=O)N2CCCC2)ccc1-n1nnc2ccccc21. The largest absolute Gasteiger partial charge is 0.296 e. The van der Waals surface area contributed by atoms with E-state index in [1.807, 2.05) is 0 Å². The van der Waals surface area contributed by atoms with E-state index < -0.39 is 14.9 Å². The van der Waals surface area contributed by atoms with Gasteiger partial charge in [0, 0.05) is 19.2 Å². The van der Waals surface area contributed by atoms with Crippen LogP contribution in [-0.4, -0.2) is 45.7 Å². The molecule has 0 atom stereocenters. The van der Waals surface area contributed by atoms with Crippen LogP contribution in [0.2, 0.25) is 0 Å². The lowest BCUT2D eigenvalue weighted by atomic mass is 10.2. The Kier molecular flexibility index (Phi) is 3.93. The first-order valence-corrected chi connectivity index (χ1v) is 9.52. The Labute approximate surface area is 149 Å². The molecule has 2 heterocycles. The fraction of sp³-hybridized carbons (Fsp3) is 0.250. The zero-order valence-electron chi connectivity index (χ0n) is 13.6. The van der Waals surface area contributed by atoms with Crippen molar-refractivity contribution in [1.82, 2.24) is 19.3 Å². The number of nitro groups is 1. The summed E-state index contributed by atoms with van der Waals surface area (Å²) in [6.45, 7) is 0.872. The highest BCUT2D eigenvalue weighted by atomic mass is 32.2. The average molecular weight is 373 g/mol. The summed E-state index contributed by atoms with van der Waals surface area (Å²) in [6, 6.07) is 10.9. The van der Waals surface area contributed by atoms with Crippen molar-refractivity contribution in [2.75, 3.05) is 13.1 Å². The van der Waals surface area contributed by atoms with Crippen LogP contribution in [0.4, 0.5) is 5.69 Å². The number of hydrogen-bond donors (Lipinski definition) is 0. The Balaban J connectivity index is 1.86. The molecule has 4 rings (SSSR count). The number of sulfonamides is 1. The molecular weight excluding hydrogens is 358 g/mol. The van der Waals surface area contributed by atoms with Gasteiger partial charge in [0.25, 0.3) is 5.69 Å². The van der Waals surface area contributed by atoms with Crippen molar-refractivity contribution in [2.24, 2.45) is 0 Å². The van der Waals surface area contributed by atoms with Crippen molar-refractivity contribution in [1.29, 1.82) is 0 Å². The van der Waals surface area contributed by atoms with Crippen LogP contribution in [0.1, 0.15) is 12.8 Å². The van der Waals surface area contributed by atoms with Gasteiger partial charge < -0.3 is 0 Å². The quantitative estimate of drug-likeness (QED) is 0.511. The van der Waals surface area contributed by atoms with Crippen LogP contribution in [0, 0.1) is 10.1 Å². The average Bonchev–Trinajstić information content (AvgIpc) is 3.31. The summed E-state index contributed by atoms with van der Waals surface area (Å²) in [5.41, 5.74) is 1.03. The number of aromatic nitrogens is 3. The number of nitrogens with zero attached hydrogens (tertiary/aromatic N) is 5. The zero-order valence-corrected chi connectivity index (χ0v) is 14.5. The van der Waals surface area contributed by atoms with Crippen LogP contribution in [0.3, 0.4) is 0 Å². The first-order chi connectivity index (χ1) is 12.5. The highest BCUT2D eigenvalue weighted by Gasteiger charge is 2.30. The lowest BCUT2D eigenvalue weighted by Crippen LogP contribution is -2.27. The minimum atomic E-state index is -3.74. The summed E-state index contributed by atoms with van der Waals surface area (Å²) in [7, 11) is -3.74. The summed E-state index contributed by atoms with van der Waals surface area (Å²) in [4.78, 5) is 10.9. The van der Waals surface area contributed by atoms with E-state index in [0.717, 1.165) is 18.9 Å². The molecule has 26 heavy (non-hydrogen) atoms. The van der Waals surface area contributed by atoms with Crippen LogP contribution in [0.5, 0.6) is 0 Å². The molecular formula is C16H15N5O4S. The Bertz CT molecular complexity index is 1100. The van der Waals surface area contributed by atoms with Crippen LogP contribution >= 0.6 is 0 Å². The second-order valence-electron chi connectivity index (χ2n) is 6.01. The van der Waals surface area contributed by atoms with Crippen molar-refractivity contribution in [2.45, 2.75) is 17.7 Å². The maximum absolute atomic E-state index is 12.7. The molecule has 0 amide bonds. The molecule has 1 aliphatic rings. The normalized spacial score (nSPS) is 15.5. The monoisotopic (exact) mass is 373 g/mol. The standard InChI is InChI=1S/C16H15N5O4S/c22-21(23)16-11-12(26(24,25)19-9-3-4-10-19)7-8-15(16)20-14-6-2-1-5-13(14)17-18-20/h1-2,5-8,11H,3-4,9-10H2. The maximum Gasteiger partial charge on any atom is 0.296 e. The fourth-order valence-corrected chi connectivity index (χ4v) is 4.65. The van der Waals surface area contributed by atoms with Crippen molar-refractivity contribution >= 4 is 26.7 Å². The predicted molar refractivity (Wildman–Crippen MR) is 93.5 cm³/mol. The fourth-order valence-electron chi connectivity index (χ4n) is 3.11.